The minimum atomic E-state index is -0.457. The van der Waals surface area contributed by atoms with Gasteiger partial charge in [0.25, 0.3) is 5.91 Å². The lowest BCUT2D eigenvalue weighted by Crippen LogP contribution is -2.34. The number of rotatable bonds is 4. The number of carbonyl (C=O) groups is 1. The fourth-order valence-electron chi connectivity index (χ4n) is 2.54. The summed E-state index contributed by atoms with van der Waals surface area (Å²) >= 11 is 0. The summed E-state index contributed by atoms with van der Waals surface area (Å²) < 4.78 is 14.5. The van der Waals surface area contributed by atoms with Gasteiger partial charge in [-0.25, -0.2) is 14.1 Å². The molecule has 23 heavy (non-hydrogen) atoms. The van der Waals surface area contributed by atoms with Crippen molar-refractivity contribution in [2.24, 2.45) is 5.92 Å². The number of nitrogens with zero attached hydrogens (tertiary/aromatic N) is 3. The lowest BCUT2D eigenvalue weighted by Gasteiger charge is -2.12. The zero-order valence-corrected chi connectivity index (χ0v) is 12.7. The molecule has 0 radical (unpaired) electrons. The summed E-state index contributed by atoms with van der Waals surface area (Å²) in [5.41, 5.74) is 0.630. The van der Waals surface area contributed by atoms with E-state index in [2.05, 4.69) is 20.7 Å². The molecule has 122 valence electrons. The Hall–Kier alpha value is -2.32. The second-order valence-electron chi connectivity index (χ2n) is 5.57. The molecule has 7 nitrogen and oxygen atoms in total. The van der Waals surface area contributed by atoms with Crippen LogP contribution in [0.2, 0.25) is 0 Å². The summed E-state index contributed by atoms with van der Waals surface area (Å²) in [4.78, 5) is 16.3. The van der Waals surface area contributed by atoms with Gasteiger partial charge in [0, 0.05) is 25.6 Å². The van der Waals surface area contributed by atoms with Crippen molar-refractivity contribution in [2.45, 2.75) is 13.0 Å². The highest BCUT2D eigenvalue weighted by atomic mass is 19.1. The quantitative estimate of drug-likeness (QED) is 0.739. The second kappa shape index (κ2) is 6.43. The number of halogens is 1. The highest BCUT2D eigenvalue weighted by molar-refractivity contribution is 5.90. The fraction of sp³-hybridized carbons (Fsp3) is 0.400. The number of hydrogen-bond acceptors (Lipinski definition) is 5. The van der Waals surface area contributed by atoms with Gasteiger partial charge in [-0.1, -0.05) is 0 Å². The molecule has 2 unspecified atom stereocenters. The van der Waals surface area contributed by atoms with Gasteiger partial charge in [-0.15, -0.1) is 5.10 Å². The van der Waals surface area contributed by atoms with Gasteiger partial charge in [-0.3, -0.25) is 4.79 Å². The molecule has 0 saturated carbocycles. The zero-order valence-electron chi connectivity index (χ0n) is 12.7. The number of carbonyl (C=O) groups excluding carboxylic acids is 1. The molecule has 0 bridgehead atoms. The lowest BCUT2D eigenvalue weighted by molar-refractivity contribution is 0.0917. The molecule has 0 aliphatic carbocycles. The van der Waals surface area contributed by atoms with E-state index in [1.165, 1.54) is 16.8 Å². The standard InChI is InChI=1S/C15H18FN5O2/c1-9-19-14(15(23)18-7-10-6-17-8-13(10)22)20-21(9)12-4-2-11(16)3-5-12/h2-5,10,13,17,22H,6-8H2,1H3,(H,18,23). The van der Waals surface area contributed by atoms with Crippen molar-refractivity contribution in [1.29, 1.82) is 0 Å². The Balaban J connectivity index is 1.69. The van der Waals surface area contributed by atoms with Crippen LogP contribution in [-0.2, 0) is 0 Å². The van der Waals surface area contributed by atoms with Crippen molar-refractivity contribution in [1.82, 2.24) is 25.4 Å². The topological polar surface area (TPSA) is 92.1 Å². The number of aryl methyl sites for hydroxylation is 1. The molecule has 1 aromatic heterocycles. The third kappa shape index (κ3) is 3.38. The van der Waals surface area contributed by atoms with Crippen LogP contribution in [0.25, 0.3) is 5.69 Å². The molecule has 8 heteroatoms. The van der Waals surface area contributed by atoms with Gasteiger partial charge in [0.05, 0.1) is 11.8 Å². The van der Waals surface area contributed by atoms with Gasteiger partial charge in [0.2, 0.25) is 5.82 Å². The smallest absolute Gasteiger partial charge is 0.290 e. The van der Waals surface area contributed by atoms with Crippen LogP contribution in [0, 0.1) is 18.7 Å². The first-order valence-corrected chi connectivity index (χ1v) is 7.41. The maximum Gasteiger partial charge on any atom is 0.290 e. The minimum Gasteiger partial charge on any atom is -0.391 e. The molecule has 1 fully saturated rings. The van der Waals surface area contributed by atoms with Gasteiger partial charge >= 0.3 is 0 Å². The summed E-state index contributed by atoms with van der Waals surface area (Å²) in [6, 6.07) is 5.79. The molecule has 2 atom stereocenters. The normalized spacial score (nSPS) is 20.7. The first kappa shape index (κ1) is 15.6. The molecule has 2 aromatic rings. The van der Waals surface area contributed by atoms with Crippen LogP contribution < -0.4 is 10.6 Å². The summed E-state index contributed by atoms with van der Waals surface area (Å²) in [7, 11) is 0. The molecule has 3 rings (SSSR count). The molecule has 3 N–H and O–H groups in total. The van der Waals surface area contributed by atoms with Crippen LogP contribution in [0.4, 0.5) is 4.39 Å². The first-order valence-electron chi connectivity index (χ1n) is 7.41. The van der Waals surface area contributed by atoms with Crippen LogP contribution in [0.5, 0.6) is 0 Å². The summed E-state index contributed by atoms with van der Waals surface area (Å²) in [6.45, 7) is 3.28. The van der Waals surface area contributed by atoms with E-state index in [9.17, 15) is 14.3 Å². The molecule has 1 aliphatic rings. The van der Waals surface area contributed by atoms with Gasteiger partial charge in [-0.05, 0) is 31.2 Å². The van der Waals surface area contributed by atoms with E-state index >= 15 is 0 Å². The van der Waals surface area contributed by atoms with Gasteiger partial charge in [0.15, 0.2) is 0 Å². The Morgan fingerprint density at radius 1 is 1.43 bits per heavy atom. The minimum absolute atomic E-state index is 0.0146. The van der Waals surface area contributed by atoms with Crippen molar-refractivity contribution in [3.63, 3.8) is 0 Å². The van der Waals surface area contributed by atoms with Crippen molar-refractivity contribution < 1.29 is 14.3 Å². The van der Waals surface area contributed by atoms with Crippen LogP contribution in [-0.4, -0.2) is 51.5 Å². The Morgan fingerprint density at radius 3 is 2.83 bits per heavy atom. The van der Waals surface area contributed by atoms with Crippen molar-refractivity contribution in [2.75, 3.05) is 19.6 Å². The first-order chi connectivity index (χ1) is 11.0. The van der Waals surface area contributed by atoms with Crippen molar-refractivity contribution in [3.05, 3.63) is 41.7 Å². The number of aromatic nitrogens is 3. The number of hydrogen-bond donors (Lipinski definition) is 3. The van der Waals surface area contributed by atoms with E-state index < -0.39 is 12.0 Å². The molecular formula is C15H18FN5O2. The van der Waals surface area contributed by atoms with Crippen LogP contribution in [0.15, 0.2) is 24.3 Å². The molecule has 1 aliphatic heterocycles. The number of aliphatic hydroxyl groups is 1. The van der Waals surface area contributed by atoms with E-state index in [1.54, 1.807) is 19.1 Å². The highest BCUT2D eigenvalue weighted by Crippen LogP contribution is 2.11. The third-order valence-electron chi connectivity index (χ3n) is 3.87. The highest BCUT2D eigenvalue weighted by Gasteiger charge is 2.26. The van der Waals surface area contributed by atoms with E-state index in [0.29, 0.717) is 31.1 Å². The number of β-amino-alcohol motifs (C(OH)–C–C–N with tert-alkyl or cyclic N) is 1. The predicted octanol–water partition coefficient (Wildman–Crippen LogP) is 0.0249. The van der Waals surface area contributed by atoms with Gasteiger partial charge < -0.3 is 15.7 Å². The Labute approximate surface area is 132 Å². The van der Waals surface area contributed by atoms with E-state index in [1.807, 2.05) is 0 Å². The molecule has 1 aromatic carbocycles. The average Bonchev–Trinajstić information content (AvgIpc) is 3.12. The van der Waals surface area contributed by atoms with E-state index in [-0.39, 0.29) is 17.6 Å². The van der Waals surface area contributed by atoms with Crippen LogP contribution >= 0.6 is 0 Å². The zero-order chi connectivity index (χ0) is 16.4. The number of aliphatic hydroxyl groups excluding tert-OH is 1. The Morgan fingerprint density at radius 2 is 2.17 bits per heavy atom. The Kier molecular flexibility index (Phi) is 4.35. The molecule has 1 saturated heterocycles. The second-order valence-corrected chi connectivity index (χ2v) is 5.57. The predicted molar refractivity (Wildman–Crippen MR) is 80.8 cm³/mol. The fourth-order valence-corrected chi connectivity index (χ4v) is 2.54. The summed E-state index contributed by atoms with van der Waals surface area (Å²) in [6.07, 6.45) is -0.457. The average molecular weight is 319 g/mol. The maximum absolute atomic E-state index is 13.0. The Bertz CT molecular complexity index is 700. The number of benzene rings is 1. The van der Waals surface area contributed by atoms with Crippen molar-refractivity contribution >= 4 is 5.91 Å². The van der Waals surface area contributed by atoms with Gasteiger partial charge in [0.1, 0.15) is 11.6 Å². The van der Waals surface area contributed by atoms with E-state index in [4.69, 9.17) is 0 Å². The largest absolute Gasteiger partial charge is 0.391 e. The van der Waals surface area contributed by atoms with Crippen molar-refractivity contribution in [3.8, 4) is 5.69 Å². The van der Waals surface area contributed by atoms with Crippen LogP contribution in [0.3, 0.4) is 0 Å². The molecule has 2 heterocycles. The van der Waals surface area contributed by atoms with Gasteiger partial charge in [-0.2, -0.15) is 0 Å². The summed E-state index contributed by atoms with van der Waals surface area (Å²) in [5.74, 6) is -0.169. The number of amides is 1. The monoisotopic (exact) mass is 319 g/mol. The summed E-state index contributed by atoms with van der Waals surface area (Å²) in [5, 5.41) is 19.7. The maximum atomic E-state index is 13.0. The SMILES string of the molecule is Cc1nc(C(=O)NCC2CNCC2O)nn1-c1ccc(F)cc1. The van der Waals surface area contributed by atoms with E-state index in [0.717, 1.165) is 0 Å². The lowest BCUT2D eigenvalue weighted by atomic mass is 10.1. The molecule has 1 amide bonds. The third-order valence-corrected chi connectivity index (χ3v) is 3.87. The number of nitrogens with one attached hydrogen (secondary N) is 2. The molecule has 0 spiro atoms. The van der Waals surface area contributed by atoms with Crippen LogP contribution in [0.1, 0.15) is 16.4 Å². The molecular weight excluding hydrogens is 301 g/mol.